The van der Waals surface area contributed by atoms with Gasteiger partial charge in [-0.25, -0.2) is 8.42 Å². The van der Waals surface area contributed by atoms with Crippen LogP contribution in [0.4, 0.5) is 0 Å². The summed E-state index contributed by atoms with van der Waals surface area (Å²) in [5.41, 5.74) is 3.40. The molecular weight excluding hydrogens is 430 g/mol. The summed E-state index contributed by atoms with van der Waals surface area (Å²) < 4.78 is 33.5. The molecule has 2 amide bonds. The maximum Gasteiger partial charge on any atom is 0.309 e. The van der Waals surface area contributed by atoms with Gasteiger partial charge in [0, 0.05) is 13.1 Å². The molecule has 2 N–H and O–H groups in total. The molecule has 172 valence electrons. The third-order valence-electron chi connectivity index (χ3n) is 5.43. The number of nitrogens with one attached hydrogen (secondary N) is 2. The summed E-state index contributed by atoms with van der Waals surface area (Å²) in [5.74, 6) is -1.62. The van der Waals surface area contributed by atoms with E-state index in [4.69, 9.17) is 4.74 Å². The lowest BCUT2D eigenvalue weighted by atomic mass is 10.1. The zero-order valence-electron chi connectivity index (χ0n) is 18.6. The molecule has 1 atom stereocenters. The second-order valence-electron chi connectivity index (χ2n) is 7.88. The molecule has 0 bridgehead atoms. The van der Waals surface area contributed by atoms with Crippen molar-refractivity contribution >= 4 is 21.8 Å². The van der Waals surface area contributed by atoms with Crippen LogP contribution in [0.15, 0.2) is 47.4 Å². The van der Waals surface area contributed by atoms with E-state index in [2.05, 4.69) is 10.6 Å². The number of hydrogen-bond acceptors (Lipinski definition) is 5. The summed E-state index contributed by atoms with van der Waals surface area (Å²) in [6.45, 7) is 6.25. The lowest BCUT2D eigenvalue weighted by Gasteiger charge is -2.35. The van der Waals surface area contributed by atoms with Crippen LogP contribution in [0.5, 0.6) is 0 Å². The topological polar surface area (TPSA) is 105 Å². The number of rotatable bonds is 6. The predicted octanol–water partition coefficient (Wildman–Crippen LogP) is 1.78. The van der Waals surface area contributed by atoms with Crippen LogP contribution >= 0.6 is 0 Å². The zero-order valence-corrected chi connectivity index (χ0v) is 19.4. The Morgan fingerprint density at radius 2 is 1.75 bits per heavy atom. The molecule has 32 heavy (non-hydrogen) atoms. The third kappa shape index (κ3) is 5.53. The van der Waals surface area contributed by atoms with Gasteiger partial charge in [-0.05, 0) is 55.5 Å². The van der Waals surface area contributed by atoms with Crippen molar-refractivity contribution in [2.75, 3.05) is 19.7 Å². The van der Waals surface area contributed by atoms with Crippen LogP contribution in [0.1, 0.15) is 28.7 Å². The number of ether oxygens (including phenoxy) is 1. The van der Waals surface area contributed by atoms with Gasteiger partial charge in [-0.2, -0.15) is 4.31 Å². The zero-order chi connectivity index (χ0) is 23.3. The van der Waals surface area contributed by atoms with Crippen molar-refractivity contribution in [3.8, 4) is 0 Å². The van der Waals surface area contributed by atoms with Gasteiger partial charge >= 0.3 is 11.8 Å². The molecule has 3 rings (SSSR count). The van der Waals surface area contributed by atoms with Crippen LogP contribution in [-0.2, 0) is 30.9 Å². The fourth-order valence-corrected chi connectivity index (χ4v) is 5.42. The molecule has 1 heterocycles. The smallest absolute Gasteiger partial charge is 0.309 e. The Kier molecular flexibility index (Phi) is 7.65. The van der Waals surface area contributed by atoms with Crippen LogP contribution in [-0.4, -0.2) is 50.5 Å². The molecule has 8 nitrogen and oxygen atoms in total. The van der Waals surface area contributed by atoms with Gasteiger partial charge in [-0.15, -0.1) is 0 Å². The van der Waals surface area contributed by atoms with Gasteiger partial charge in [0.15, 0.2) is 0 Å². The van der Waals surface area contributed by atoms with E-state index in [1.54, 1.807) is 19.1 Å². The van der Waals surface area contributed by atoms with Gasteiger partial charge < -0.3 is 15.4 Å². The molecule has 1 aliphatic rings. The summed E-state index contributed by atoms with van der Waals surface area (Å²) >= 11 is 0. The Morgan fingerprint density at radius 3 is 2.50 bits per heavy atom. The Morgan fingerprint density at radius 1 is 1.03 bits per heavy atom. The van der Waals surface area contributed by atoms with Gasteiger partial charge in [-0.3, -0.25) is 9.59 Å². The number of hydrogen-bond donors (Lipinski definition) is 2. The molecule has 2 aromatic rings. The van der Waals surface area contributed by atoms with E-state index < -0.39 is 28.1 Å². The lowest BCUT2D eigenvalue weighted by Crippen LogP contribution is -2.53. The highest BCUT2D eigenvalue weighted by molar-refractivity contribution is 7.89. The summed E-state index contributed by atoms with van der Waals surface area (Å²) in [4.78, 5) is 24.7. The summed E-state index contributed by atoms with van der Waals surface area (Å²) in [5, 5.41) is 5.09. The minimum Gasteiger partial charge on any atom is -0.360 e. The first-order valence-electron chi connectivity index (χ1n) is 10.5. The van der Waals surface area contributed by atoms with Crippen molar-refractivity contribution in [2.45, 2.75) is 44.9 Å². The number of aryl methyl sites for hydroxylation is 3. The minimum absolute atomic E-state index is 0.124. The van der Waals surface area contributed by atoms with Crippen molar-refractivity contribution < 1.29 is 22.7 Å². The fourth-order valence-electron chi connectivity index (χ4n) is 3.54. The highest BCUT2D eigenvalue weighted by Crippen LogP contribution is 2.25. The van der Waals surface area contributed by atoms with E-state index in [0.29, 0.717) is 18.6 Å². The first kappa shape index (κ1) is 23.9. The number of nitrogens with zero attached hydrogens (tertiary/aromatic N) is 1. The molecule has 1 fully saturated rings. The summed E-state index contributed by atoms with van der Waals surface area (Å²) in [6.07, 6.45) is -0.340. The van der Waals surface area contributed by atoms with Crippen molar-refractivity contribution in [2.24, 2.45) is 0 Å². The SMILES string of the molecule is Cc1ccc(C)c(S(=O)(=O)N2CCCO[C@@H]2CNC(=O)C(=O)NCc2ccccc2C)c1. The average molecular weight is 460 g/mol. The number of benzene rings is 2. The molecule has 9 heteroatoms. The second kappa shape index (κ2) is 10.2. The van der Waals surface area contributed by atoms with Crippen molar-refractivity contribution in [3.05, 3.63) is 64.7 Å². The minimum atomic E-state index is -3.83. The molecular formula is C23H29N3O5S. The quantitative estimate of drug-likeness (QED) is 0.641. The molecule has 0 unspecified atom stereocenters. The standard InChI is InChI=1S/C23H29N3O5S/c1-16-9-10-18(3)20(13-16)32(29,30)26-11-6-12-31-21(26)15-25-23(28)22(27)24-14-19-8-5-4-7-17(19)2/h4-5,7-10,13,21H,6,11-12,14-15H2,1-3H3,(H,24,27)(H,25,28)/t21-/m1/s1. The second-order valence-corrected chi connectivity index (χ2v) is 9.74. The summed E-state index contributed by atoms with van der Waals surface area (Å²) in [7, 11) is -3.83. The molecule has 1 aliphatic heterocycles. The average Bonchev–Trinajstić information content (AvgIpc) is 2.78. The highest BCUT2D eigenvalue weighted by atomic mass is 32.2. The fraction of sp³-hybridized carbons (Fsp3) is 0.391. The van der Waals surface area contributed by atoms with Crippen LogP contribution in [0.3, 0.4) is 0 Å². The van der Waals surface area contributed by atoms with Crippen LogP contribution in [0.25, 0.3) is 0 Å². The van der Waals surface area contributed by atoms with Gasteiger partial charge in [0.1, 0.15) is 6.23 Å². The maximum absolute atomic E-state index is 13.3. The Labute approximate surface area is 189 Å². The van der Waals surface area contributed by atoms with Crippen LogP contribution in [0, 0.1) is 20.8 Å². The van der Waals surface area contributed by atoms with Crippen LogP contribution in [0.2, 0.25) is 0 Å². The van der Waals surface area contributed by atoms with E-state index in [1.807, 2.05) is 44.2 Å². The van der Waals surface area contributed by atoms with Gasteiger partial charge in [-0.1, -0.05) is 36.4 Å². The third-order valence-corrected chi connectivity index (χ3v) is 7.46. The van der Waals surface area contributed by atoms with E-state index in [9.17, 15) is 18.0 Å². The van der Waals surface area contributed by atoms with Crippen LogP contribution < -0.4 is 10.6 Å². The summed E-state index contributed by atoms with van der Waals surface area (Å²) in [6, 6.07) is 12.8. The first-order chi connectivity index (χ1) is 15.2. The molecule has 0 aromatic heterocycles. The van der Waals surface area contributed by atoms with Crippen molar-refractivity contribution in [1.29, 1.82) is 0 Å². The van der Waals surface area contributed by atoms with E-state index in [0.717, 1.165) is 16.7 Å². The van der Waals surface area contributed by atoms with Gasteiger partial charge in [0.2, 0.25) is 10.0 Å². The molecule has 1 saturated heterocycles. The largest absolute Gasteiger partial charge is 0.360 e. The lowest BCUT2D eigenvalue weighted by molar-refractivity contribution is -0.140. The molecule has 0 aliphatic carbocycles. The normalized spacial score (nSPS) is 17.0. The molecule has 0 spiro atoms. The Balaban J connectivity index is 1.64. The first-order valence-corrected chi connectivity index (χ1v) is 12.0. The van der Waals surface area contributed by atoms with E-state index in [-0.39, 0.29) is 24.5 Å². The maximum atomic E-state index is 13.3. The number of carbonyl (C=O) groups is 2. The van der Waals surface area contributed by atoms with Crippen molar-refractivity contribution in [1.82, 2.24) is 14.9 Å². The van der Waals surface area contributed by atoms with Gasteiger partial charge in [0.25, 0.3) is 0 Å². The number of amides is 2. The predicted molar refractivity (Wildman–Crippen MR) is 120 cm³/mol. The van der Waals surface area contributed by atoms with E-state index in [1.165, 1.54) is 4.31 Å². The highest BCUT2D eigenvalue weighted by Gasteiger charge is 2.35. The number of carbonyl (C=O) groups excluding carboxylic acids is 2. The number of sulfonamides is 1. The van der Waals surface area contributed by atoms with Crippen molar-refractivity contribution in [3.63, 3.8) is 0 Å². The molecule has 2 aromatic carbocycles. The Bertz CT molecular complexity index is 1100. The monoisotopic (exact) mass is 459 g/mol. The Hall–Kier alpha value is -2.75. The molecule has 0 radical (unpaired) electrons. The van der Waals surface area contributed by atoms with Gasteiger partial charge in [0.05, 0.1) is 18.0 Å². The van der Waals surface area contributed by atoms with E-state index >= 15 is 0 Å². The molecule has 0 saturated carbocycles.